The van der Waals surface area contributed by atoms with Gasteiger partial charge in [-0.25, -0.2) is 0 Å². The molecule has 1 aliphatic heterocycles. The Labute approximate surface area is 122 Å². The molecule has 2 heterocycles. The molecule has 1 aromatic heterocycles. The van der Waals surface area contributed by atoms with E-state index in [1.54, 1.807) is 6.26 Å². The molecule has 114 valence electrons. The van der Waals surface area contributed by atoms with Crippen molar-refractivity contribution in [3.63, 3.8) is 0 Å². The fourth-order valence-electron chi connectivity index (χ4n) is 2.65. The minimum absolute atomic E-state index is 0.409. The van der Waals surface area contributed by atoms with Crippen LogP contribution in [0.3, 0.4) is 0 Å². The molecule has 0 spiro atoms. The fourth-order valence-corrected chi connectivity index (χ4v) is 2.65. The Morgan fingerprint density at radius 2 is 2.30 bits per heavy atom. The molecule has 1 fully saturated rings. The van der Waals surface area contributed by atoms with Crippen LogP contribution in [-0.2, 0) is 17.8 Å². The topological polar surface area (TPSA) is 37.6 Å². The van der Waals surface area contributed by atoms with E-state index in [4.69, 9.17) is 9.15 Å². The molecule has 0 bridgehead atoms. The summed E-state index contributed by atoms with van der Waals surface area (Å²) >= 11 is 0. The summed E-state index contributed by atoms with van der Waals surface area (Å²) in [7, 11) is 0. The van der Waals surface area contributed by atoms with Gasteiger partial charge in [-0.15, -0.1) is 0 Å². The second kappa shape index (κ2) is 8.45. The summed E-state index contributed by atoms with van der Waals surface area (Å²) in [5, 5.41) is 3.44. The van der Waals surface area contributed by atoms with Gasteiger partial charge in [-0.2, -0.15) is 0 Å². The number of hydrogen-bond donors (Lipinski definition) is 1. The van der Waals surface area contributed by atoms with Crippen LogP contribution in [0.4, 0.5) is 0 Å². The third-order valence-electron chi connectivity index (χ3n) is 3.88. The Balaban J connectivity index is 1.84. The van der Waals surface area contributed by atoms with Crippen molar-refractivity contribution >= 4 is 0 Å². The van der Waals surface area contributed by atoms with Crippen molar-refractivity contribution < 1.29 is 9.15 Å². The van der Waals surface area contributed by atoms with Gasteiger partial charge in [0, 0.05) is 25.3 Å². The van der Waals surface area contributed by atoms with Gasteiger partial charge in [-0.1, -0.05) is 13.8 Å². The minimum atomic E-state index is 0.409. The summed E-state index contributed by atoms with van der Waals surface area (Å²) in [6, 6.07) is 2.08. The Bertz CT molecular complexity index is 372. The van der Waals surface area contributed by atoms with Crippen LogP contribution < -0.4 is 5.32 Å². The highest BCUT2D eigenvalue weighted by Gasteiger charge is 2.19. The van der Waals surface area contributed by atoms with Crippen molar-refractivity contribution in [1.29, 1.82) is 0 Å². The zero-order valence-corrected chi connectivity index (χ0v) is 12.9. The summed E-state index contributed by atoms with van der Waals surface area (Å²) in [4.78, 5) is 2.41. The minimum Gasteiger partial charge on any atom is -0.468 e. The first-order valence-corrected chi connectivity index (χ1v) is 7.93. The predicted molar refractivity (Wildman–Crippen MR) is 80.6 cm³/mol. The average molecular weight is 280 g/mol. The quantitative estimate of drug-likeness (QED) is 0.706. The van der Waals surface area contributed by atoms with E-state index in [0.717, 1.165) is 51.5 Å². The lowest BCUT2D eigenvalue weighted by molar-refractivity contribution is 0.0701. The highest BCUT2D eigenvalue weighted by Crippen LogP contribution is 2.17. The maximum Gasteiger partial charge on any atom is 0.122 e. The molecule has 1 aromatic rings. The molecule has 4 heteroatoms. The predicted octanol–water partition coefficient (Wildman–Crippen LogP) is 2.78. The highest BCUT2D eigenvalue weighted by atomic mass is 16.5. The number of nitrogens with one attached hydrogen (secondary N) is 1. The molecular weight excluding hydrogens is 252 g/mol. The first-order valence-electron chi connectivity index (χ1n) is 7.93. The molecule has 0 radical (unpaired) electrons. The SMILES string of the molecule is CCCNCc1ccoc1CN(CC)CC1CCCO1. The maximum atomic E-state index is 5.73. The van der Waals surface area contributed by atoms with E-state index < -0.39 is 0 Å². The Morgan fingerprint density at radius 1 is 1.40 bits per heavy atom. The molecule has 4 nitrogen and oxygen atoms in total. The van der Waals surface area contributed by atoms with Crippen molar-refractivity contribution in [3.8, 4) is 0 Å². The molecule has 1 N–H and O–H groups in total. The fraction of sp³-hybridized carbons (Fsp3) is 0.750. The van der Waals surface area contributed by atoms with Crippen molar-refractivity contribution in [3.05, 3.63) is 23.7 Å². The average Bonchev–Trinajstić information content (AvgIpc) is 3.10. The lowest BCUT2D eigenvalue weighted by Gasteiger charge is -2.23. The van der Waals surface area contributed by atoms with Gasteiger partial charge in [0.1, 0.15) is 5.76 Å². The van der Waals surface area contributed by atoms with Crippen LogP contribution in [0.1, 0.15) is 44.4 Å². The Kier molecular flexibility index (Phi) is 6.57. The van der Waals surface area contributed by atoms with Crippen molar-refractivity contribution in [2.75, 3.05) is 26.2 Å². The number of likely N-dealkylation sites (N-methyl/N-ethyl adjacent to an activating group) is 1. The molecule has 0 saturated carbocycles. The number of rotatable bonds is 9. The van der Waals surface area contributed by atoms with Gasteiger partial charge < -0.3 is 14.5 Å². The van der Waals surface area contributed by atoms with Crippen LogP contribution in [0.25, 0.3) is 0 Å². The summed E-state index contributed by atoms with van der Waals surface area (Å²) in [6.45, 7) is 10.2. The zero-order valence-electron chi connectivity index (χ0n) is 12.9. The molecule has 20 heavy (non-hydrogen) atoms. The van der Waals surface area contributed by atoms with Gasteiger partial charge in [-0.3, -0.25) is 4.90 Å². The van der Waals surface area contributed by atoms with Crippen molar-refractivity contribution in [1.82, 2.24) is 10.2 Å². The number of nitrogens with zero attached hydrogens (tertiary/aromatic N) is 1. The lowest BCUT2D eigenvalue weighted by Crippen LogP contribution is -2.32. The first kappa shape index (κ1) is 15.5. The van der Waals surface area contributed by atoms with Crippen LogP contribution in [0.5, 0.6) is 0 Å². The van der Waals surface area contributed by atoms with Gasteiger partial charge in [-0.05, 0) is 38.4 Å². The van der Waals surface area contributed by atoms with E-state index in [-0.39, 0.29) is 0 Å². The second-order valence-corrected chi connectivity index (χ2v) is 5.51. The second-order valence-electron chi connectivity index (χ2n) is 5.51. The molecular formula is C16H28N2O2. The van der Waals surface area contributed by atoms with E-state index in [1.807, 2.05) is 0 Å². The third kappa shape index (κ3) is 4.62. The summed E-state index contributed by atoms with van der Waals surface area (Å²) < 4.78 is 11.4. The molecule has 2 rings (SSSR count). The molecule has 1 atom stereocenters. The number of hydrogen-bond acceptors (Lipinski definition) is 4. The number of furan rings is 1. The van der Waals surface area contributed by atoms with E-state index in [9.17, 15) is 0 Å². The normalized spacial score (nSPS) is 19.1. The van der Waals surface area contributed by atoms with Gasteiger partial charge in [0.2, 0.25) is 0 Å². The third-order valence-corrected chi connectivity index (χ3v) is 3.88. The molecule has 0 amide bonds. The molecule has 1 unspecified atom stereocenters. The van der Waals surface area contributed by atoms with Gasteiger partial charge in [0.15, 0.2) is 0 Å². The van der Waals surface area contributed by atoms with Crippen LogP contribution in [-0.4, -0.2) is 37.2 Å². The monoisotopic (exact) mass is 280 g/mol. The highest BCUT2D eigenvalue weighted by molar-refractivity contribution is 5.16. The number of ether oxygens (including phenoxy) is 1. The van der Waals surface area contributed by atoms with Crippen LogP contribution in [0.2, 0.25) is 0 Å². The summed E-state index contributed by atoms with van der Waals surface area (Å²) in [5.74, 6) is 1.09. The van der Waals surface area contributed by atoms with E-state index in [0.29, 0.717) is 6.10 Å². The first-order chi connectivity index (χ1) is 9.83. The van der Waals surface area contributed by atoms with Gasteiger partial charge in [0.25, 0.3) is 0 Å². The maximum absolute atomic E-state index is 5.73. The van der Waals surface area contributed by atoms with Crippen molar-refractivity contribution in [2.24, 2.45) is 0 Å². The zero-order chi connectivity index (χ0) is 14.2. The van der Waals surface area contributed by atoms with Gasteiger partial charge in [0.05, 0.1) is 18.9 Å². The van der Waals surface area contributed by atoms with E-state index in [2.05, 4.69) is 30.1 Å². The van der Waals surface area contributed by atoms with E-state index in [1.165, 1.54) is 18.4 Å². The van der Waals surface area contributed by atoms with Gasteiger partial charge >= 0.3 is 0 Å². The van der Waals surface area contributed by atoms with Crippen LogP contribution in [0.15, 0.2) is 16.7 Å². The lowest BCUT2D eigenvalue weighted by atomic mass is 10.2. The molecule has 1 saturated heterocycles. The summed E-state index contributed by atoms with van der Waals surface area (Å²) in [6.07, 6.45) is 5.77. The van der Waals surface area contributed by atoms with Crippen molar-refractivity contribution in [2.45, 2.75) is 52.3 Å². The smallest absolute Gasteiger partial charge is 0.122 e. The Hall–Kier alpha value is -0.840. The van der Waals surface area contributed by atoms with Crippen LogP contribution >= 0.6 is 0 Å². The summed E-state index contributed by atoms with van der Waals surface area (Å²) in [5.41, 5.74) is 1.28. The Morgan fingerprint density at radius 3 is 3.00 bits per heavy atom. The molecule has 0 aliphatic carbocycles. The molecule has 0 aromatic carbocycles. The van der Waals surface area contributed by atoms with E-state index >= 15 is 0 Å². The standard InChI is InChI=1S/C16H28N2O2/c1-3-8-17-11-14-7-10-20-16(14)13-18(4-2)12-15-6-5-9-19-15/h7,10,15,17H,3-6,8-9,11-13H2,1-2H3. The largest absolute Gasteiger partial charge is 0.468 e. The molecule has 1 aliphatic rings. The van der Waals surface area contributed by atoms with Crippen LogP contribution in [0, 0.1) is 0 Å².